The zero-order chi connectivity index (χ0) is 36.5. The molecular weight excluding hydrogens is 635 g/mol. The number of hydrogen-bond acceptors (Lipinski definition) is 6. The highest BCUT2D eigenvalue weighted by atomic mass is 31.2. The van der Waals surface area contributed by atoms with Crippen molar-refractivity contribution in [1.82, 2.24) is 5.32 Å². The SMILES string of the molecule is CCCCCC/C=C/CCCC[C@@H](O)[C@H](COP(=O)([O-])OCC[N+](C)(C)C)NC(=O)CCCCCCCCCCCCCCCCCCC. The fraction of sp³-hybridized carbons (Fsp3) is 0.925. The second kappa shape index (κ2) is 33.1. The maximum Gasteiger partial charge on any atom is 0.268 e. The van der Waals surface area contributed by atoms with E-state index in [2.05, 4.69) is 31.3 Å². The van der Waals surface area contributed by atoms with E-state index in [-0.39, 0.29) is 19.1 Å². The van der Waals surface area contributed by atoms with Crippen LogP contribution in [0, 0.1) is 0 Å². The van der Waals surface area contributed by atoms with Crippen molar-refractivity contribution in [1.29, 1.82) is 0 Å². The van der Waals surface area contributed by atoms with Crippen molar-refractivity contribution >= 4 is 13.7 Å². The molecule has 1 amide bonds. The first-order chi connectivity index (χ1) is 23.5. The lowest BCUT2D eigenvalue weighted by Crippen LogP contribution is -2.46. The van der Waals surface area contributed by atoms with Crippen LogP contribution >= 0.6 is 7.82 Å². The number of amides is 1. The number of aliphatic hydroxyl groups is 1. The van der Waals surface area contributed by atoms with E-state index in [0.717, 1.165) is 44.9 Å². The Hall–Kier alpha value is -0.760. The van der Waals surface area contributed by atoms with Crippen LogP contribution in [0.15, 0.2) is 12.2 Å². The molecule has 0 bridgehead atoms. The van der Waals surface area contributed by atoms with Crippen LogP contribution in [0.1, 0.15) is 187 Å². The molecule has 1 unspecified atom stereocenters. The number of allylic oxidation sites excluding steroid dienone is 2. The van der Waals surface area contributed by atoms with Gasteiger partial charge in [0.25, 0.3) is 7.82 Å². The summed E-state index contributed by atoms with van der Waals surface area (Å²) in [6.07, 6.45) is 35.0. The predicted octanol–water partition coefficient (Wildman–Crippen LogP) is 10.2. The van der Waals surface area contributed by atoms with Crippen LogP contribution in [0.4, 0.5) is 0 Å². The van der Waals surface area contributed by atoms with Crippen LogP contribution in [0.2, 0.25) is 0 Å². The van der Waals surface area contributed by atoms with Crippen molar-refractivity contribution in [3.05, 3.63) is 12.2 Å². The maximum atomic E-state index is 12.8. The van der Waals surface area contributed by atoms with Gasteiger partial charge in [0, 0.05) is 6.42 Å². The number of quaternary nitrogens is 1. The predicted molar refractivity (Wildman–Crippen MR) is 205 cm³/mol. The zero-order valence-corrected chi connectivity index (χ0v) is 33.8. The molecule has 0 heterocycles. The van der Waals surface area contributed by atoms with Gasteiger partial charge < -0.3 is 28.8 Å². The van der Waals surface area contributed by atoms with Gasteiger partial charge in [-0.3, -0.25) is 9.36 Å². The standard InChI is InChI=1S/C40H81N2O6P/c1-6-8-10-12-14-16-18-19-20-21-22-23-24-26-28-30-32-34-40(44)41-38(37-48-49(45,46)47-36-35-42(3,4)5)39(43)33-31-29-27-25-17-15-13-11-9-7-2/h17,25,38-39,43H,6-16,18-24,26-37H2,1-5H3,(H-,41,44,45,46)/b25-17+/t38-,39+/m0/s1. The molecule has 0 fully saturated rings. The van der Waals surface area contributed by atoms with Gasteiger partial charge in [-0.05, 0) is 38.5 Å². The third-order valence-corrected chi connectivity index (χ3v) is 10.2. The number of nitrogens with zero attached hydrogens (tertiary/aromatic N) is 1. The van der Waals surface area contributed by atoms with Gasteiger partial charge in [-0.15, -0.1) is 0 Å². The first kappa shape index (κ1) is 48.2. The monoisotopic (exact) mass is 717 g/mol. The fourth-order valence-electron chi connectivity index (χ4n) is 5.92. The molecule has 292 valence electrons. The Morgan fingerprint density at radius 2 is 1.12 bits per heavy atom. The van der Waals surface area contributed by atoms with E-state index in [4.69, 9.17) is 9.05 Å². The summed E-state index contributed by atoms with van der Waals surface area (Å²) in [6.45, 7) is 4.66. The third kappa shape index (κ3) is 35.4. The lowest BCUT2D eigenvalue weighted by Gasteiger charge is -2.30. The number of aliphatic hydroxyl groups excluding tert-OH is 1. The number of likely N-dealkylation sites (N-methyl/N-ethyl adjacent to an activating group) is 1. The summed E-state index contributed by atoms with van der Waals surface area (Å²) in [6, 6.07) is -0.809. The first-order valence-electron chi connectivity index (χ1n) is 20.5. The van der Waals surface area contributed by atoms with E-state index >= 15 is 0 Å². The maximum absolute atomic E-state index is 12.8. The van der Waals surface area contributed by atoms with Gasteiger partial charge in [0.05, 0.1) is 39.9 Å². The Bertz CT molecular complexity index is 819. The van der Waals surface area contributed by atoms with Crippen molar-refractivity contribution in [3.8, 4) is 0 Å². The van der Waals surface area contributed by atoms with E-state index in [1.54, 1.807) is 0 Å². The highest BCUT2D eigenvalue weighted by Crippen LogP contribution is 2.38. The van der Waals surface area contributed by atoms with Gasteiger partial charge in [0.1, 0.15) is 13.2 Å². The number of phosphoric ester groups is 1. The van der Waals surface area contributed by atoms with Gasteiger partial charge in [-0.25, -0.2) is 0 Å². The summed E-state index contributed by atoms with van der Waals surface area (Å²) in [5.74, 6) is -0.175. The summed E-state index contributed by atoms with van der Waals surface area (Å²) < 4.78 is 23.1. The average molecular weight is 717 g/mol. The molecule has 0 rings (SSSR count). The van der Waals surface area contributed by atoms with Gasteiger partial charge in [0.2, 0.25) is 5.91 Å². The molecule has 0 aromatic rings. The zero-order valence-electron chi connectivity index (χ0n) is 32.9. The highest BCUT2D eigenvalue weighted by molar-refractivity contribution is 7.45. The molecule has 2 N–H and O–H groups in total. The minimum absolute atomic E-state index is 0.00921. The largest absolute Gasteiger partial charge is 0.756 e. The van der Waals surface area contributed by atoms with Crippen LogP contribution in [-0.2, 0) is 18.4 Å². The van der Waals surface area contributed by atoms with Crippen molar-refractivity contribution in [2.24, 2.45) is 0 Å². The Kier molecular flexibility index (Phi) is 32.6. The molecule has 9 heteroatoms. The summed E-state index contributed by atoms with van der Waals surface area (Å²) >= 11 is 0. The van der Waals surface area contributed by atoms with Crippen LogP contribution in [0.25, 0.3) is 0 Å². The molecule has 0 aliphatic carbocycles. The van der Waals surface area contributed by atoms with Crippen LogP contribution in [0.5, 0.6) is 0 Å². The lowest BCUT2D eigenvalue weighted by molar-refractivity contribution is -0.870. The van der Waals surface area contributed by atoms with E-state index in [0.29, 0.717) is 23.9 Å². The van der Waals surface area contributed by atoms with Gasteiger partial charge in [-0.1, -0.05) is 154 Å². The number of carbonyl (C=O) groups excluding carboxylic acids is 1. The third-order valence-electron chi connectivity index (χ3n) is 9.25. The number of rotatable bonds is 37. The summed E-state index contributed by atoms with van der Waals surface area (Å²) in [5, 5.41) is 13.8. The smallest absolute Gasteiger partial charge is 0.268 e. The highest BCUT2D eigenvalue weighted by Gasteiger charge is 2.24. The molecule has 0 saturated heterocycles. The van der Waals surface area contributed by atoms with Crippen LogP contribution < -0.4 is 10.2 Å². The number of unbranched alkanes of at least 4 members (excludes halogenated alkanes) is 22. The molecule has 3 atom stereocenters. The summed E-state index contributed by atoms with van der Waals surface area (Å²) in [5.41, 5.74) is 0. The summed E-state index contributed by atoms with van der Waals surface area (Å²) in [4.78, 5) is 25.2. The van der Waals surface area contributed by atoms with Gasteiger partial charge >= 0.3 is 0 Å². The topological polar surface area (TPSA) is 108 Å². The molecule has 0 saturated carbocycles. The second-order valence-corrected chi connectivity index (χ2v) is 16.8. The van der Waals surface area contributed by atoms with Crippen molar-refractivity contribution in [2.75, 3.05) is 40.9 Å². The van der Waals surface area contributed by atoms with Gasteiger partial charge in [0.15, 0.2) is 0 Å². The molecule has 0 aliphatic rings. The van der Waals surface area contributed by atoms with E-state index in [9.17, 15) is 19.4 Å². The second-order valence-electron chi connectivity index (χ2n) is 15.3. The molecule has 0 aromatic carbocycles. The fourth-order valence-corrected chi connectivity index (χ4v) is 6.64. The molecule has 8 nitrogen and oxygen atoms in total. The van der Waals surface area contributed by atoms with E-state index in [1.165, 1.54) is 116 Å². The van der Waals surface area contributed by atoms with Gasteiger partial charge in [-0.2, -0.15) is 0 Å². The molecular formula is C40H81N2O6P. The van der Waals surface area contributed by atoms with Crippen molar-refractivity contribution < 1.29 is 32.9 Å². The first-order valence-corrected chi connectivity index (χ1v) is 22.0. The Labute approximate surface area is 303 Å². The Morgan fingerprint density at radius 3 is 1.59 bits per heavy atom. The Morgan fingerprint density at radius 1 is 0.694 bits per heavy atom. The minimum atomic E-state index is -4.56. The quantitative estimate of drug-likeness (QED) is 0.0287. The van der Waals surface area contributed by atoms with Crippen molar-refractivity contribution in [2.45, 2.75) is 199 Å². The van der Waals surface area contributed by atoms with E-state index in [1.807, 2.05) is 21.1 Å². The summed E-state index contributed by atoms with van der Waals surface area (Å²) in [7, 11) is 1.29. The Balaban J connectivity index is 4.35. The molecule has 0 spiro atoms. The molecule has 49 heavy (non-hydrogen) atoms. The molecule has 0 aromatic heterocycles. The number of phosphoric acid groups is 1. The molecule has 0 radical (unpaired) electrons. The number of nitrogens with one attached hydrogen (secondary N) is 1. The normalized spacial score (nSPS) is 14.7. The lowest BCUT2D eigenvalue weighted by atomic mass is 10.0. The van der Waals surface area contributed by atoms with Crippen molar-refractivity contribution in [3.63, 3.8) is 0 Å². The molecule has 0 aliphatic heterocycles. The van der Waals surface area contributed by atoms with Crippen LogP contribution in [-0.4, -0.2) is 68.5 Å². The number of carbonyl (C=O) groups is 1. The minimum Gasteiger partial charge on any atom is -0.756 e. The van der Waals surface area contributed by atoms with E-state index < -0.39 is 20.0 Å². The number of hydrogen-bond donors (Lipinski definition) is 2. The average Bonchev–Trinajstić information content (AvgIpc) is 3.04. The van der Waals surface area contributed by atoms with Crippen LogP contribution in [0.3, 0.4) is 0 Å².